The van der Waals surface area contributed by atoms with E-state index in [0.29, 0.717) is 13.0 Å². The first-order valence-electron chi connectivity index (χ1n) is 7.22. The molecule has 0 aromatic heterocycles. The molecule has 2 unspecified atom stereocenters. The summed E-state index contributed by atoms with van der Waals surface area (Å²) in [6.45, 7) is 8.53. The Balaban J connectivity index is 2.75. The maximum absolute atomic E-state index is 11.6. The molecule has 0 heterocycles. The SMILES string of the molecule is CCNC(C)(CC(C)Oc1ccccc1CC)C(N)=O. The van der Waals surface area contributed by atoms with Crippen molar-refractivity contribution in [1.29, 1.82) is 0 Å². The molecule has 4 nitrogen and oxygen atoms in total. The summed E-state index contributed by atoms with van der Waals surface area (Å²) < 4.78 is 5.98. The van der Waals surface area contributed by atoms with Crippen molar-refractivity contribution in [3.05, 3.63) is 29.8 Å². The number of rotatable bonds is 8. The summed E-state index contributed by atoms with van der Waals surface area (Å²) >= 11 is 0. The molecule has 1 rings (SSSR count). The third kappa shape index (κ3) is 4.23. The highest BCUT2D eigenvalue weighted by molar-refractivity contribution is 5.84. The molecular formula is C16H26N2O2. The van der Waals surface area contributed by atoms with E-state index in [0.717, 1.165) is 12.2 Å². The molecular weight excluding hydrogens is 252 g/mol. The molecule has 112 valence electrons. The Morgan fingerprint density at radius 1 is 1.40 bits per heavy atom. The second kappa shape index (κ2) is 7.29. The van der Waals surface area contributed by atoms with Crippen molar-refractivity contribution in [2.45, 2.75) is 52.2 Å². The van der Waals surface area contributed by atoms with E-state index in [1.807, 2.05) is 39.0 Å². The zero-order valence-corrected chi connectivity index (χ0v) is 12.9. The second-order valence-electron chi connectivity index (χ2n) is 5.32. The molecule has 0 saturated carbocycles. The van der Waals surface area contributed by atoms with Gasteiger partial charge in [-0.15, -0.1) is 0 Å². The van der Waals surface area contributed by atoms with Gasteiger partial charge in [0.05, 0.1) is 11.6 Å². The van der Waals surface area contributed by atoms with E-state index in [1.54, 1.807) is 0 Å². The summed E-state index contributed by atoms with van der Waals surface area (Å²) in [6, 6.07) is 7.98. The van der Waals surface area contributed by atoms with Crippen molar-refractivity contribution in [3.8, 4) is 5.75 Å². The Labute approximate surface area is 121 Å². The van der Waals surface area contributed by atoms with Crippen LogP contribution in [0.2, 0.25) is 0 Å². The number of carbonyl (C=O) groups excluding carboxylic acids is 1. The van der Waals surface area contributed by atoms with Gasteiger partial charge in [0, 0.05) is 6.42 Å². The summed E-state index contributed by atoms with van der Waals surface area (Å²) in [4.78, 5) is 11.6. The van der Waals surface area contributed by atoms with E-state index in [4.69, 9.17) is 10.5 Å². The highest BCUT2D eigenvalue weighted by Crippen LogP contribution is 2.22. The van der Waals surface area contributed by atoms with E-state index in [2.05, 4.69) is 18.3 Å². The molecule has 0 spiro atoms. The lowest BCUT2D eigenvalue weighted by molar-refractivity contribution is -0.124. The molecule has 0 bridgehead atoms. The smallest absolute Gasteiger partial charge is 0.237 e. The topological polar surface area (TPSA) is 64.3 Å². The Morgan fingerprint density at radius 2 is 2.05 bits per heavy atom. The van der Waals surface area contributed by atoms with Gasteiger partial charge in [-0.2, -0.15) is 0 Å². The normalized spacial score (nSPS) is 15.4. The molecule has 0 fully saturated rings. The first kappa shape index (κ1) is 16.5. The summed E-state index contributed by atoms with van der Waals surface area (Å²) in [7, 11) is 0. The number of para-hydroxylation sites is 1. The zero-order chi connectivity index (χ0) is 15.2. The predicted octanol–water partition coefficient (Wildman–Crippen LogP) is 2.26. The van der Waals surface area contributed by atoms with Crippen molar-refractivity contribution >= 4 is 5.91 Å². The van der Waals surface area contributed by atoms with Crippen LogP contribution in [0.1, 0.15) is 39.7 Å². The number of amides is 1. The molecule has 1 amide bonds. The van der Waals surface area contributed by atoms with Crippen molar-refractivity contribution < 1.29 is 9.53 Å². The average molecular weight is 278 g/mol. The van der Waals surface area contributed by atoms with E-state index in [1.165, 1.54) is 5.56 Å². The molecule has 0 aliphatic heterocycles. The quantitative estimate of drug-likeness (QED) is 0.766. The molecule has 0 saturated heterocycles. The standard InChI is InChI=1S/C16H26N2O2/c1-5-13-9-7-8-10-14(13)20-12(3)11-16(4,15(17)19)18-6-2/h7-10,12,18H,5-6,11H2,1-4H3,(H2,17,19). The molecule has 4 heteroatoms. The number of primary amides is 1. The van der Waals surface area contributed by atoms with Gasteiger partial charge in [-0.05, 0) is 38.4 Å². The number of likely N-dealkylation sites (N-methyl/N-ethyl adjacent to an activating group) is 1. The van der Waals surface area contributed by atoms with Crippen molar-refractivity contribution in [2.24, 2.45) is 5.73 Å². The lowest BCUT2D eigenvalue weighted by Crippen LogP contribution is -2.55. The van der Waals surface area contributed by atoms with E-state index < -0.39 is 5.54 Å². The molecule has 1 aromatic rings. The van der Waals surface area contributed by atoms with Gasteiger partial charge in [0.25, 0.3) is 0 Å². The number of aryl methyl sites for hydroxylation is 1. The van der Waals surface area contributed by atoms with E-state index in [9.17, 15) is 4.79 Å². The van der Waals surface area contributed by atoms with Gasteiger partial charge in [-0.3, -0.25) is 4.79 Å². The van der Waals surface area contributed by atoms with Gasteiger partial charge < -0.3 is 15.8 Å². The highest BCUT2D eigenvalue weighted by atomic mass is 16.5. The van der Waals surface area contributed by atoms with Crippen LogP contribution in [0.4, 0.5) is 0 Å². The molecule has 2 atom stereocenters. The fraction of sp³-hybridized carbons (Fsp3) is 0.562. The summed E-state index contributed by atoms with van der Waals surface area (Å²) in [6.07, 6.45) is 1.36. The number of nitrogens with one attached hydrogen (secondary N) is 1. The lowest BCUT2D eigenvalue weighted by atomic mass is 9.94. The fourth-order valence-electron chi connectivity index (χ4n) is 2.39. The maximum atomic E-state index is 11.6. The maximum Gasteiger partial charge on any atom is 0.237 e. The van der Waals surface area contributed by atoms with Crippen molar-refractivity contribution in [2.75, 3.05) is 6.54 Å². The van der Waals surface area contributed by atoms with Crippen LogP contribution in [0.15, 0.2) is 24.3 Å². The van der Waals surface area contributed by atoms with Crippen LogP contribution in [0, 0.1) is 0 Å². The minimum absolute atomic E-state index is 0.0979. The molecule has 0 aliphatic rings. The highest BCUT2D eigenvalue weighted by Gasteiger charge is 2.32. The summed E-state index contributed by atoms with van der Waals surface area (Å²) in [5, 5.41) is 3.15. The van der Waals surface area contributed by atoms with Crippen LogP contribution in [0.3, 0.4) is 0 Å². The van der Waals surface area contributed by atoms with Gasteiger partial charge in [0.15, 0.2) is 0 Å². The molecule has 0 aliphatic carbocycles. The number of hydrogen-bond acceptors (Lipinski definition) is 3. The number of benzene rings is 1. The molecule has 0 radical (unpaired) electrons. The molecule has 3 N–H and O–H groups in total. The largest absolute Gasteiger partial charge is 0.490 e. The Bertz CT molecular complexity index is 448. The van der Waals surface area contributed by atoms with Gasteiger partial charge in [-0.1, -0.05) is 32.0 Å². The monoisotopic (exact) mass is 278 g/mol. The van der Waals surface area contributed by atoms with E-state index in [-0.39, 0.29) is 12.0 Å². The van der Waals surface area contributed by atoms with E-state index >= 15 is 0 Å². The van der Waals surface area contributed by atoms with Crippen LogP contribution in [0.5, 0.6) is 5.75 Å². The minimum Gasteiger partial charge on any atom is -0.490 e. The third-order valence-corrected chi connectivity index (χ3v) is 3.49. The number of hydrogen-bond donors (Lipinski definition) is 2. The number of nitrogens with two attached hydrogens (primary N) is 1. The van der Waals surface area contributed by atoms with Crippen molar-refractivity contribution in [3.63, 3.8) is 0 Å². The van der Waals surface area contributed by atoms with Crippen LogP contribution < -0.4 is 15.8 Å². The van der Waals surface area contributed by atoms with Gasteiger partial charge in [0.2, 0.25) is 5.91 Å². The van der Waals surface area contributed by atoms with Crippen LogP contribution in [0.25, 0.3) is 0 Å². The van der Waals surface area contributed by atoms with Crippen LogP contribution in [-0.2, 0) is 11.2 Å². The fourth-order valence-corrected chi connectivity index (χ4v) is 2.39. The summed E-state index contributed by atoms with van der Waals surface area (Å²) in [5.74, 6) is 0.532. The first-order valence-corrected chi connectivity index (χ1v) is 7.22. The first-order chi connectivity index (χ1) is 9.42. The predicted molar refractivity (Wildman–Crippen MR) is 81.8 cm³/mol. The van der Waals surface area contributed by atoms with Crippen LogP contribution in [-0.4, -0.2) is 24.1 Å². The molecule has 1 aromatic carbocycles. The minimum atomic E-state index is -0.741. The Morgan fingerprint density at radius 3 is 2.60 bits per heavy atom. The average Bonchev–Trinajstić information content (AvgIpc) is 2.39. The number of carbonyl (C=O) groups is 1. The van der Waals surface area contributed by atoms with Gasteiger partial charge in [0.1, 0.15) is 5.75 Å². The van der Waals surface area contributed by atoms with Gasteiger partial charge in [-0.25, -0.2) is 0 Å². The Hall–Kier alpha value is -1.55. The lowest BCUT2D eigenvalue weighted by Gasteiger charge is -2.30. The van der Waals surface area contributed by atoms with Crippen molar-refractivity contribution in [1.82, 2.24) is 5.32 Å². The second-order valence-corrected chi connectivity index (χ2v) is 5.32. The van der Waals surface area contributed by atoms with Crippen LogP contribution >= 0.6 is 0 Å². The molecule has 20 heavy (non-hydrogen) atoms. The Kier molecular flexibility index (Phi) is 6.02. The number of ether oxygens (including phenoxy) is 1. The van der Waals surface area contributed by atoms with Gasteiger partial charge >= 0.3 is 0 Å². The zero-order valence-electron chi connectivity index (χ0n) is 12.9. The third-order valence-electron chi connectivity index (χ3n) is 3.49. The summed E-state index contributed by atoms with van der Waals surface area (Å²) in [5.41, 5.74) is 5.93.